The number of nitrogens with zero attached hydrogens (tertiary/aromatic N) is 1. The number of piperidine rings is 1. The topological polar surface area (TPSA) is 32.3 Å². The zero-order chi connectivity index (χ0) is 10.7. The van der Waals surface area contributed by atoms with Crippen molar-refractivity contribution in [1.29, 1.82) is 0 Å². The van der Waals surface area contributed by atoms with Crippen molar-refractivity contribution in [3.05, 3.63) is 12.7 Å². The molecule has 0 spiro atoms. The van der Waals surface area contributed by atoms with Crippen LogP contribution < -0.4 is 5.32 Å². The molecule has 0 unspecified atom stereocenters. The second kappa shape index (κ2) is 5.03. The Bertz CT molecular complexity index is 243. The summed E-state index contributed by atoms with van der Waals surface area (Å²) in [5.41, 5.74) is 0. The van der Waals surface area contributed by atoms with Gasteiger partial charge in [-0.1, -0.05) is 6.08 Å². The third-order valence-corrected chi connectivity index (χ3v) is 4.14. The van der Waals surface area contributed by atoms with E-state index >= 15 is 0 Å². The molecule has 0 aromatic heterocycles. The summed E-state index contributed by atoms with van der Waals surface area (Å²) in [4.78, 5) is 14.0. The van der Waals surface area contributed by atoms with Gasteiger partial charge >= 0.3 is 0 Å². The molecule has 84 valence electrons. The largest absolute Gasteiger partial charge is 0.341 e. The molecule has 2 aliphatic heterocycles. The van der Waals surface area contributed by atoms with Crippen LogP contribution in [0.15, 0.2) is 12.7 Å². The molecule has 0 aromatic rings. The van der Waals surface area contributed by atoms with Gasteiger partial charge in [0.1, 0.15) is 0 Å². The van der Waals surface area contributed by atoms with E-state index in [4.69, 9.17) is 0 Å². The summed E-state index contributed by atoms with van der Waals surface area (Å²) < 4.78 is 0. The molecule has 0 saturated carbocycles. The minimum atomic E-state index is 0.0651. The lowest BCUT2D eigenvalue weighted by Gasteiger charge is -2.32. The van der Waals surface area contributed by atoms with E-state index in [1.54, 1.807) is 11.8 Å². The van der Waals surface area contributed by atoms with Crippen LogP contribution >= 0.6 is 11.8 Å². The van der Waals surface area contributed by atoms with E-state index in [2.05, 4.69) is 11.9 Å². The Balaban J connectivity index is 1.84. The first-order valence-corrected chi connectivity index (χ1v) is 6.69. The van der Waals surface area contributed by atoms with Gasteiger partial charge < -0.3 is 4.90 Å². The van der Waals surface area contributed by atoms with Crippen LogP contribution in [-0.2, 0) is 4.79 Å². The Morgan fingerprint density at radius 2 is 2.20 bits per heavy atom. The lowest BCUT2D eigenvalue weighted by Crippen LogP contribution is -2.47. The van der Waals surface area contributed by atoms with E-state index in [1.165, 1.54) is 0 Å². The van der Waals surface area contributed by atoms with E-state index in [9.17, 15) is 4.79 Å². The van der Waals surface area contributed by atoms with E-state index in [0.717, 1.165) is 37.6 Å². The molecule has 2 rings (SSSR count). The highest BCUT2D eigenvalue weighted by Crippen LogP contribution is 2.20. The van der Waals surface area contributed by atoms with E-state index in [-0.39, 0.29) is 6.04 Å². The summed E-state index contributed by atoms with van der Waals surface area (Å²) in [5.74, 6) is 2.75. The predicted molar refractivity (Wildman–Crippen MR) is 63.7 cm³/mol. The van der Waals surface area contributed by atoms with Crippen molar-refractivity contribution >= 4 is 17.7 Å². The summed E-state index contributed by atoms with van der Waals surface area (Å²) in [6.07, 6.45) is 4.18. The lowest BCUT2D eigenvalue weighted by molar-refractivity contribution is -0.133. The number of carbonyl (C=O) groups excluding carboxylic acids is 1. The van der Waals surface area contributed by atoms with Crippen molar-refractivity contribution in [2.45, 2.75) is 18.9 Å². The van der Waals surface area contributed by atoms with Crippen LogP contribution in [0.2, 0.25) is 0 Å². The Labute approximate surface area is 95.3 Å². The first-order chi connectivity index (χ1) is 7.31. The highest BCUT2D eigenvalue weighted by Gasteiger charge is 2.29. The molecule has 0 radical (unpaired) electrons. The average Bonchev–Trinajstić information content (AvgIpc) is 2.82. The van der Waals surface area contributed by atoms with E-state index in [0.29, 0.717) is 11.8 Å². The highest BCUT2D eigenvalue weighted by atomic mass is 32.2. The molecule has 2 heterocycles. The molecule has 2 saturated heterocycles. The van der Waals surface area contributed by atoms with Gasteiger partial charge in [0.15, 0.2) is 0 Å². The average molecular weight is 226 g/mol. The van der Waals surface area contributed by atoms with Crippen LogP contribution in [0.5, 0.6) is 0 Å². The van der Waals surface area contributed by atoms with Crippen molar-refractivity contribution < 1.29 is 4.79 Å². The number of thioether (sulfide) groups is 1. The minimum absolute atomic E-state index is 0.0651. The molecule has 3 nitrogen and oxygen atoms in total. The number of carbonyl (C=O) groups is 1. The first-order valence-electron chi connectivity index (χ1n) is 5.53. The van der Waals surface area contributed by atoms with Gasteiger partial charge in [-0.2, -0.15) is 0 Å². The number of rotatable bonds is 2. The molecule has 15 heavy (non-hydrogen) atoms. The molecule has 0 aliphatic carbocycles. The first kappa shape index (κ1) is 11.0. The third-order valence-electron chi connectivity index (χ3n) is 3.20. The molecule has 4 heteroatoms. The number of amides is 1. The summed E-state index contributed by atoms with van der Waals surface area (Å²) in [6.45, 7) is 5.61. The SMILES string of the molecule is C=CC1CCN(C(=O)[C@H]2CSCN2)CC1. The van der Waals surface area contributed by atoms with Crippen molar-refractivity contribution in [2.24, 2.45) is 5.92 Å². The van der Waals surface area contributed by atoms with Crippen molar-refractivity contribution in [3.63, 3.8) is 0 Å². The minimum Gasteiger partial charge on any atom is -0.341 e. The molecular weight excluding hydrogens is 208 g/mol. The van der Waals surface area contributed by atoms with Gasteiger partial charge in [0.05, 0.1) is 6.04 Å². The van der Waals surface area contributed by atoms with E-state index in [1.807, 2.05) is 11.0 Å². The predicted octanol–water partition coefficient (Wildman–Crippen LogP) is 1.07. The van der Waals surface area contributed by atoms with Gasteiger partial charge in [-0.15, -0.1) is 18.3 Å². The van der Waals surface area contributed by atoms with Crippen molar-refractivity contribution in [2.75, 3.05) is 24.7 Å². The molecule has 1 atom stereocenters. The number of hydrogen-bond acceptors (Lipinski definition) is 3. The van der Waals surface area contributed by atoms with Gasteiger partial charge in [0, 0.05) is 24.7 Å². The van der Waals surface area contributed by atoms with Crippen LogP contribution in [-0.4, -0.2) is 41.6 Å². The van der Waals surface area contributed by atoms with Crippen molar-refractivity contribution in [3.8, 4) is 0 Å². The zero-order valence-electron chi connectivity index (χ0n) is 8.95. The maximum Gasteiger partial charge on any atom is 0.240 e. The second-order valence-electron chi connectivity index (χ2n) is 4.17. The van der Waals surface area contributed by atoms with Crippen LogP contribution in [0.3, 0.4) is 0 Å². The number of allylic oxidation sites excluding steroid dienone is 1. The summed E-state index contributed by atoms with van der Waals surface area (Å²) in [6, 6.07) is 0.0651. The molecule has 2 aliphatic rings. The summed E-state index contributed by atoms with van der Waals surface area (Å²) in [5, 5.41) is 3.23. The van der Waals surface area contributed by atoms with Gasteiger partial charge in [0.25, 0.3) is 0 Å². The molecular formula is C11H18N2OS. The van der Waals surface area contributed by atoms with Crippen molar-refractivity contribution in [1.82, 2.24) is 10.2 Å². The maximum absolute atomic E-state index is 12.0. The highest BCUT2D eigenvalue weighted by molar-refractivity contribution is 7.99. The quantitative estimate of drug-likeness (QED) is 0.715. The van der Waals surface area contributed by atoms with Gasteiger partial charge in [-0.25, -0.2) is 0 Å². The number of nitrogens with one attached hydrogen (secondary N) is 1. The Kier molecular flexibility index (Phi) is 3.70. The van der Waals surface area contributed by atoms with Gasteiger partial charge in [-0.3, -0.25) is 10.1 Å². The van der Waals surface area contributed by atoms with E-state index < -0.39 is 0 Å². The van der Waals surface area contributed by atoms with Gasteiger partial charge in [0.2, 0.25) is 5.91 Å². The third kappa shape index (κ3) is 2.55. The monoisotopic (exact) mass is 226 g/mol. The number of likely N-dealkylation sites (tertiary alicyclic amines) is 1. The fraction of sp³-hybridized carbons (Fsp3) is 0.727. The molecule has 1 amide bonds. The fourth-order valence-electron chi connectivity index (χ4n) is 2.13. The fourth-order valence-corrected chi connectivity index (χ4v) is 3.06. The van der Waals surface area contributed by atoms with Crippen LogP contribution in [0.25, 0.3) is 0 Å². The van der Waals surface area contributed by atoms with Crippen LogP contribution in [0, 0.1) is 5.92 Å². The zero-order valence-corrected chi connectivity index (χ0v) is 9.76. The standard InChI is InChI=1S/C11H18N2OS/c1-2-9-3-5-13(6-4-9)11(14)10-7-15-8-12-10/h2,9-10,12H,1,3-8H2/t10-/m1/s1. The smallest absolute Gasteiger partial charge is 0.240 e. The van der Waals surface area contributed by atoms with Crippen LogP contribution in [0.4, 0.5) is 0 Å². The summed E-state index contributed by atoms with van der Waals surface area (Å²) >= 11 is 1.80. The molecule has 2 fully saturated rings. The molecule has 1 N–H and O–H groups in total. The van der Waals surface area contributed by atoms with Gasteiger partial charge in [-0.05, 0) is 18.8 Å². The maximum atomic E-state index is 12.0. The Morgan fingerprint density at radius 1 is 1.47 bits per heavy atom. The second-order valence-corrected chi connectivity index (χ2v) is 5.20. The molecule has 0 aromatic carbocycles. The number of hydrogen-bond donors (Lipinski definition) is 1. The Morgan fingerprint density at radius 3 is 2.73 bits per heavy atom. The Hall–Kier alpha value is -0.480. The molecule has 0 bridgehead atoms. The summed E-state index contributed by atoms with van der Waals surface area (Å²) in [7, 11) is 0. The normalized spacial score (nSPS) is 28.0. The van der Waals surface area contributed by atoms with Crippen LogP contribution in [0.1, 0.15) is 12.8 Å². The lowest BCUT2D eigenvalue weighted by atomic mass is 9.97.